The van der Waals surface area contributed by atoms with Gasteiger partial charge in [0.2, 0.25) is 0 Å². The van der Waals surface area contributed by atoms with Crippen LogP contribution >= 0.6 is 50.8 Å². The number of nitrogens with zero attached hydrogens (tertiary/aromatic N) is 3. The fraction of sp³-hybridized carbons (Fsp3) is 0.158. The quantitative estimate of drug-likeness (QED) is 0.267. The second-order valence-electron chi connectivity index (χ2n) is 5.71. The first-order valence-corrected chi connectivity index (χ1v) is 11.9. The molecule has 0 aliphatic carbocycles. The molecule has 3 rings (SSSR count). The molecule has 0 unspecified atom stereocenters. The van der Waals surface area contributed by atoms with Crippen molar-refractivity contribution in [2.75, 3.05) is 5.75 Å². The molecule has 3 aromatic rings. The number of nitrogens with one attached hydrogen (secondary N) is 1. The van der Waals surface area contributed by atoms with Crippen LogP contribution in [0.3, 0.4) is 0 Å². The van der Waals surface area contributed by atoms with E-state index in [2.05, 4.69) is 67.8 Å². The number of thioether (sulfide) groups is 2. The van der Waals surface area contributed by atoms with Crippen LogP contribution in [0.25, 0.3) is 0 Å². The summed E-state index contributed by atoms with van der Waals surface area (Å²) in [5, 5.41) is 12.3. The first-order chi connectivity index (χ1) is 13.6. The summed E-state index contributed by atoms with van der Waals surface area (Å²) in [5.74, 6) is 0.909. The van der Waals surface area contributed by atoms with Gasteiger partial charge in [-0.1, -0.05) is 98.8 Å². The van der Waals surface area contributed by atoms with Crippen molar-refractivity contribution in [3.63, 3.8) is 0 Å². The lowest BCUT2D eigenvalue weighted by molar-refractivity contribution is -0.118. The third-order valence-electron chi connectivity index (χ3n) is 3.50. The van der Waals surface area contributed by atoms with Gasteiger partial charge in [0, 0.05) is 15.8 Å². The molecule has 0 radical (unpaired) electrons. The minimum Gasteiger partial charge on any atom is -0.272 e. The summed E-state index contributed by atoms with van der Waals surface area (Å²) < 4.78 is 2.60. The molecule has 0 saturated heterocycles. The lowest BCUT2D eigenvalue weighted by Crippen LogP contribution is -2.19. The number of aromatic nitrogens is 2. The smallest absolute Gasteiger partial charge is 0.250 e. The highest BCUT2D eigenvalue weighted by Gasteiger charge is 2.08. The molecule has 0 aliphatic rings. The topological polar surface area (TPSA) is 67.2 Å². The first-order valence-electron chi connectivity index (χ1n) is 8.31. The zero-order valence-electron chi connectivity index (χ0n) is 15.0. The molecule has 1 amide bonds. The summed E-state index contributed by atoms with van der Waals surface area (Å²) in [5.41, 5.74) is 5.93. The summed E-state index contributed by atoms with van der Waals surface area (Å²) in [6.45, 7) is 2.08. The summed E-state index contributed by atoms with van der Waals surface area (Å²) in [4.78, 5) is 11.9. The molecule has 2 aromatic carbocycles. The van der Waals surface area contributed by atoms with Crippen LogP contribution in [0.5, 0.6) is 0 Å². The molecule has 28 heavy (non-hydrogen) atoms. The van der Waals surface area contributed by atoms with Crippen molar-refractivity contribution in [1.82, 2.24) is 15.6 Å². The number of amides is 1. The molecule has 144 valence electrons. The van der Waals surface area contributed by atoms with Crippen molar-refractivity contribution in [3.8, 4) is 0 Å². The van der Waals surface area contributed by atoms with E-state index in [-0.39, 0.29) is 11.7 Å². The molecule has 9 heteroatoms. The third-order valence-corrected chi connectivity index (χ3v) is 7.48. The van der Waals surface area contributed by atoms with Crippen LogP contribution in [-0.4, -0.2) is 28.1 Å². The molecule has 0 spiro atoms. The van der Waals surface area contributed by atoms with Crippen molar-refractivity contribution in [3.05, 3.63) is 69.7 Å². The average Bonchev–Trinajstić information content (AvgIpc) is 3.15. The maximum Gasteiger partial charge on any atom is 0.250 e. The molecule has 0 fully saturated rings. The molecule has 0 bridgehead atoms. The highest BCUT2D eigenvalue weighted by atomic mass is 79.9. The molecule has 1 aromatic heterocycles. The molecule has 0 saturated carbocycles. The Bertz CT molecular complexity index is 960. The van der Waals surface area contributed by atoms with Crippen LogP contribution in [-0.2, 0) is 10.5 Å². The molecule has 5 nitrogen and oxygen atoms in total. The van der Waals surface area contributed by atoms with Gasteiger partial charge in [0.05, 0.1) is 12.0 Å². The fourth-order valence-corrected chi connectivity index (χ4v) is 5.21. The Kier molecular flexibility index (Phi) is 8.08. The van der Waals surface area contributed by atoms with Gasteiger partial charge in [0.1, 0.15) is 0 Å². The van der Waals surface area contributed by atoms with Gasteiger partial charge in [0.15, 0.2) is 8.68 Å². The number of hydrogen-bond donors (Lipinski definition) is 1. The van der Waals surface area contributed by atoms with E-state index in [0.717, 1.165) is 24.5 Å². The van der Waals surface area contributed by atoms with Gasteiger partial charge >= 0.3 is 0 Å². The number of aryl methyl sites for hydroxylation is 1. The Balaban J connectivity index is 1.41. The summed E-state index contributed by atoms with van der Waals surface area (Å²) in [7, 11) is 0. The van der Waals surface area contributed by atoms with Crippen molar-refractivity contribution < 1.29 is 4.79 Å². The zero-order chi connectivity index (χ0) is 19.8. The number of carbonyl (C=O) groups excluding carboxylic acids is 1. The lowest BCUT2D eigenvalue weighted by atomic mass is 10.2. The van der Waals surface area contributed by atoms with Gasteiger partial charge in [-0.2, -0.15) is 5.10 Å². The molecular weight excluding hydrogens is 476 g/mol. The fourth-order valence-electron chi connectivity index (χ4n) is 2.06. The van der Waals surface area contributed by atoms with Crippen LogP contribution in [0, 0.1) is 6.92 Å². The van der Waals surface area contributed by atoms with Crippen LogP contribution in [0.4, 0.5) is 0 Å². The van der Waals surface area contributed by atoms with E-state index in [0.29, 0.717) is 0 Å². The van der Waals surface area contributed by atoms with E-state index < -0.39 is 0 Å². The van der Waals surface area contributed by atoms with E-state index in [1.54, 1.807) is 18.0 Å². The monoisotopic (exact) mass is 492 g/mol. The Morgan fingerprint density at radius 2 is 1.86 bits per heavy atom. The van der Waals surface area contributed by atoms with Gasteiger partial charge in [-0.05, 0) is 18.6 Å². The molecular formula is C19H17BrN4OS3. The summed E-state index contributed by atoms with van der Waals surface area (Å²) >= 11 is 7.94. The highest BCUT2D eigenvalue weighted by molar-refractivity contribution is 9.10. The normalized spacial score (nSPS) is 11.1. The average molecular weight is 493 g/mol. The number of halogens is 1. The Morgan fingerprint density at radius 1 is 1.14 bits per heavy atom. The third kappa shape index (κ3) is 6.73. The van der Waals surface area contributed by atoms with Crippen LogP contribution in [0.15, 0.2) is 66.8 Å². The predicted molar refractivity (Wildman–Crippen MR) is 121 cm³/mol. The zero-order valence-corrected chi connectivity index (χ0v) is 19.0. The largest absolute Gasteiger partial charge is 0.272 e. The van der Waals surface area contributed by atoms with Crippen LogP contribution in [0.2, 0.25) is 0 Å². The minimum absolute atomic E-state index is 0.183. The second-order valence-corrected chi connectivity index (χ2v) is 9.99. The summed E-state index contributed by atoms with van der Waals surface area (Å²) in [6, 6.07) is 16.1. The standard InChI is InChI=1S/C19H17BrN4OS3/c1-13-6-8-14(9-7-13)11-26-18-23-24-19(28-18)27-12-17(25)22-21-10-15-4-2-3-5-16(15)20/h2-10H,11-12H2,1H3,(H,22,25)/b21-10+. The number of hydrazone groups is 1. The molecule has 0 atom stereocenters. The molecule has 0 aliphatic heterocycles. The Labute approximate surface area is 184 Å². The lowest BCUT2D eigenvalue weighted by Gasteiger charge is -1.99. The van der Waals surface area contributed by atoms with Gasteiger partial charge in [0.25, 0.3) is 5.91 Å². The van der Waals surface area contributed by atoms with E-state index in [4.69, 9.17) is 0 Å². The van der Waals surface area contributed by atoms with E-state index in [1.165, 1.54) is 34.2 Å². The van der Waals surface area contributed by atoms with Crippen molar-refractivity contribution in [2.45, 2.75) is 21.4 Å². The Morgan fingerprint density at radius 3 is 2.61 bits per heavy atom. The van der Waals surface area contributed by atoms with E-state index in [9.17, 15) is 4.79 Å². The molecule has 1 N–H and O–H groups in total. The van der Waals surface area contributed by atoms with E-state index >= 15 is 0 Å². The second kappa shape index (κ2) is 10.8. The van der Waals surface area contributed by atoms with Crippen molar-refractivity contribution in [1.29, 1.82) is 0 Å². The highest BCUT2D eigenvalue weighted by Crippen LogP contribution is 2.30. The number of benzene rings is 2. The predicted octanol–water partition coefficient (Wildman–Crippen LogP) is 5.14. The number of hydrogen-bond acceptors (Lipinski definition) is 7. The van der Waals surface area contributed by atoms with Gasteiger partial charge < -0.3 is 0 Å². The van der Waals surface area contributed by atoms with Crippen LogP contribution in [0.1, 0.15) is 16.7 Å². The minimum atomic E-state index is -0.183. The van der Waals surface area contributed by atoms with Crippen LogP contribution < -0.4 is 5.43 Å². The number of rotatable bonds is 8. The number of carbonyl (C=O) groups is 1. The molecule has 1 heterocycles. The van der Waals surface area contributed by atoms with Gasteiger partial charge in [-0.15, -0.1) is 10.2 Å². The Hall–Kier alpha value is -1.68. The van der Waals surface area contributed by atoms with Gasteiger partial charge in [-0.25, -0.2) is 5.43 Å². The first kappa shape index (κ1) is 21.0. The van der Waals surface area contributed by atoms with Crippen molar-refractivity contribution >= 4 is 62.9 Å². The summed E-state index contributed by atoms with van der Waals surface area (Å²) in [6.07, 6.45) is 1.61. The van der Waals surface area contributed by atoms with Crippen molar-refractivity contribution in [2.24, 2.45) is 5.10 Å². The van der Waals surface area contributed by atoms with E-state index in [1.807, 2.05) is 24.3 Å². The maximum absolute atomic E-state index is 11.9. The maximum atomic E-state index is 11.9. The van der Waals surface area contributed by atoms with Gasteiger partial charge in [-0.3, -0.25) is 4.79 Å². The SMILES string of the molecule is Cc1ccc(CSc2nnc(SCC(=O)N/N=C/c3ccccc3Br)s2)cc1.